The zero-order chi connectivity index (χ0) is 15.2. The van der Waals surface area contributed by atoms with Crippen molar-refractivity contribution in [2.24, 2.45) is 0 Å². The van der Waals surface area contributed by atoms with Crippen LogP contribution in [-0.2, 0) is 4.79 Å². The maximum absolute atomic E-state index is 11.8. The van der Waals surface area contributed by atoms with E-state index in [2.05, 4.69) is 10.6 Å². The van der Waals surface area contributed by atoms with Gasteiger partial charge in [-0.2, -0.15) is 0 Å². The topological polar surface area (TPSA) is 78.4 Å². The van der Waals surface area contributed by atoms with E-state index in [9.17, 15) is 9.59 Å². The fraction of sp³-hybridized carbons (Fsp3) is 0.125. The minimum Gasteiger partial charge on any atom is -0.478 e. The number of carbonyl (C=O) groups excluding carboxylic acids is 1. The van der Waals surface area contributed by atoms with Crippen LogP contribution in [0.3, 0.4) is 0 Å². The Balaban J connectivity index is 1.90. The summed E-state index contributed by atoms with van der Waals surface area (Å²) in [5.74, 6) is -1.18. The van der Waals surface area contributed by atoms with Crippen molar-refractivity contribution in [3.05, 3.63) is 59.7 Å². The molecule has 3 N–H and O–H groups in total. The minimum absolute atomic E-state index is 0.144. The van der Waals surface area contributed by atoms with Gasteiger partial charge in [-0.1, -0.05) is 18.2 Å². The van der Waals surface area contributed by atoms with Gasteiger partial charge < -0.3 is 15.7 Å². The standard InChI is InChI=1S/C16H16N2O3/c1-11-4-2-3-5-14(11)17-10-15(19)18-13-8-6-12(7-9-13)16(20)21/h2-9,17H,10H2,1H3,(H,18,19)(H,20,21). The number of hydrogen-bond acceptors (Lipinski definition) is 3. The summed E-state index contributed by atoms with van der Waals surface area (Å²) in [6.45, 7) is 2.11. The van der Waals surface area contributed by atoms with E-state index in [4.69, 9.17) is 5.11 Å². The molecule has 0 saturated carbocycles. The molecule has 0 saturated heterocycles. The highest BCUT2D eigenvalue weighted by molar-refractivity contribution is 5.94. The van der Waals surface area contributed by atoms with Crippen LogP contribution in [0.25, 0.3) is 0 Å². The van der Waals surface area contributed by atoms with Gasteiger partial charge in [0.25, 0.3) is 0 Å². The van der Waals surface area contributed by atoms with Gasteiger partial charge in [-0.15, -0.1) is 0 Å². The molecule has 0 bridgehead atoms. The molecule has 0 atom stereocenters. The monoisotopic (exact) mass is 284 g/mol. The highest BCUT2D eigenvalue weighted by Gasteiger charge is 2.05. The second-order valence-corrected chi connectivity index (χ2v) is 4.60. The quantitative estimate of drug-likeness (QED) is 0.789. The lowest BCUT2D eigenvalue weighted by molar-refractivity contribution is -0.114. The summed E-state index contributed by atoms with van der Waals surface area (Å²) in [6, 6.07) is 13.7. The Bertz CT molecular complexity index is 651. The van der Waals surface area contributed by atoms with Crippen molar-refractivity contribution >= 4 is 23.3 Å². The van der Waals surface area contributed by atoms with E-state index in [0.29, 0.717) is 5.69 Å². The summed E-state index contributed by atoms with van der Waals surface area (Å²) in [4.78, 5) is 22.6. The van der Waals surface area contributed by atoms with E-state index in [1.807, 2.05) is 31.2 Å². The Hall–Kier alpha value is -2.82. The third-order valence-corrected chi connectivity index (χ3v) is 3.00. The van der Waals surface area contributed by atoms with Crippen molar-refractivity contribution in [2.45, 2.75) is 6.92 Å². The minimum atomic E-state index is -0.992. The summed E-state index contributed by atoms with van der Waals surface area (Å²) >= 11 is 0. The Kier molecular flexibility index (Phi) is 4.56. The molecule has 2 aromatic rings. The number of hydrogen-bond donors (Lipinski definition) is 3. The summed E-state index contributed by atoms with van der Waals surface area (Å²) in [5.41, 5.74) is 2.73. The first-order valence-electron chi connectivity index (χ1n) is 6.49. The number of benzene rings is 2. The Morgan fingerprint density at radius 2 is 1.71 bits per heavy atom. The second kappa shape index (κ2) is 6.56. The van der Waals surface area contributed by atoms with Crippen molar-refractivity contribution in [3.8, 4) is 0 Å². The van der Waals surface area contributed by atoms with E-state index in [1.165, 1.54) is 12.1 Å². The predicted molar refractivity (Wildman–Crippen MR) is 81.7 cm³/mol. The van der Waals surface area contributed by atoms with Gasteiger partial charge in [0.1, 0.15) is 0 Å². The molecule has 5 nitrogen and oxygen atoms in total. The van der Waals surface area contributed by atoms with E-state index < -0.39 is 5.97 Å². The number of rotatable bonds is 5. The lowest BCUT2D eigenvalue weighted by atomic mass is 10.2. The van der Waals surface area contributed by atoms with Gasteiger partial charge in [0, 0.05) is 11.4 Å². The van der Waals surface area contributed by atoms with Gasteiger partial charge in [0.2, 0.25) is 5.91 Å². The molecule has 0 unspecified atom stereocenters. The fourth-order valence-corrected chi connectivity index (χ4v) is 1.85. The summed E-state index contributed by atoms with van der Waals surface area (Å²) in [5, 5.41) is 14.6. The molecular formula is C16H16N2O3. The number of para-hydroxylation sites is 1. The third kappa shape index (κ3) is 4.07. The Labute approximate surface area is 122 Å². The average Bonchev–Trinajstić information content (AvgIpc) is 2.47. The maximum atomic E-state index is 11.8. The van der Waals surface area contributed by atoms with Gasteiger partial charge >= 0.3 is 5.97 Å². The van der Waals surface area contributed by atoms with Crippen LogP contribution in [0.4, 0.5) is 11.4 Å². The number of carbonyl (C=O) groups is 2. The number of carboxylic acid groups (broad SMARTS) is 1. The van der Waals surface area contributed by atoms with Crippen molar-refractivity contribution in [1.29, 1.82) is 0 Å². The smallest absolute Gasteiger partial charge is 0.335 e. The van der Waals surface area contributed by atoms with Crippen molar-refractivity contribution in [3.63, 3.8) is 0 Å². The molecule has 0 aliphatic heterocycles. The van der Waals surface area contributed by atoms with Crippen LogP contribution in [-0.4, -0.2) is 23.5 Å². The van der Waals surface area contributed by atoms with Crippen LogP contribution in [0.15, 0.2) is 48.5 Å². The first kappa shape index (κ1) is 14.6. The second-order valence-electron chi connectivity index (χ2n) is 4.60. The van der Waals surface area contributed by atoms with Crippen molar-refractivity contribution in [1.82, 2.24) is 0 Å². The van der Waals surface area contributed by atoms with Gasteiger partial charge in [-0.25, -0.2) is 4.79 Å². The first-order valence-corrected chi connectivity index (χ1v) is 6.49. The highest BCUT2D eigenvalue weighted by atomic mass is 16.4. The van der Waals surface area contributed by atoms with Crippen LogP contribution >= 0.6 is 0 Å². The molecule has 1 amide bonds. The number of nitrogens with one attached hydrogen (secondary N) is 2. The Morgan fingerprint density at radius 1 is 1.05 bits per heavy atom. The number of aromatic carboxylic acids is 1. The first-order chi connectivity index (χ1) is 10.1. The molecular weight excluding hydrogens is 268 g/mol. The van der Waals surface area contributed by atoms with Crippen LogP contribution < -0.4 is 10.6 Å². The summed E-state index contributed by atoms with van der Waals surface area (Å²) in [7, 11) is 0. The third-order valence-electron chi connectivity index (χ3n) is 3.00. The number of carboxylic acids is 1. The lowest BCUT2D eigenvalue weighted by Gasteiger charge is -2.10. The normalized spacial score (nSPS) is 9.95. The zero-order valence-electron chi connectivity index (χ0n) is 11.6. The molecule has 2 aromatic carbocycles. The average molecular weight is 284 g/mol. The molecule has 0 fully saturated rings. The Morgan fingerprint density at radius 3 is 2.33 bits per heavy atom. The van der Waals surface area contributed by atoms with Crippen molar-refractivity contribution in [2.75, 3.05) is 17.2 Å². The lowest BCUT2D eigenvalue weighted by Crippen LogP contribution is -2.22. The molecule has 0 spiro atoms. The molecule has 0 aromatic heterocycles. The van der Waals surface area contributed by atoms with Crippen LogP contribution in [0.5, 0.6) is 0 Å². The largest absolute Gasteiger partial charge is 0.478 e. The SMILES string of the molecule is Cc1ccccc1NCC(=O)Nc1ccc(C(=O)O)cc1. The van der Waals surface area contributed by atoms with Crippen molar-refractivity contribution < 1.29 is 14.7 Å². The molecule has 0 radical (unpaired) electrons. The summed E-state index contributed by atoms with van der Waals surface area (Å²) in [6.07, 6.45) is 0. The van der Waals surface area contributed by atoms with Crippen LogP contribution in [0.2, 0.25) is 0 Å². The van der Waals surface area contributed by atoms with E-state index in [1.54, 1.807) is 12.1 Å². The number of amides is 1. The molecule has 5 heteroatoms. The van der Waals surface area contributed by atoms with Gasteiger partial charge in [0.15, 0.2) is 0 Å². The molecule has 0 heterocycles. The van der Waals surface area contributed by atoms with Crippen LogP contribution in [0.1, 0.15) is 15.9 Å². The molecule has 0 aliphatic carbocycles. The van der Waals surface area contributed by atoms with E-state index in [0.717, 1.165) is 11.3 Å². The predicted octanol–water partition coefficient (Wildman–Crippen LogP) is 2.74. The van der Waals surface area contributed by atoms with Gasteiger partial charge in [-0.05, 0) is 42.8 Å². The van der Waals surface area contributed by atoms with E-state index in [-0.39, 0.29) is 18.0 Å². The van der Waals surface area contributed by atoms with Crippen LogP contribution in [0, 0.1) is 6.92 Å². The zero-order valence-corrected chi connectivity index (χ0v) is 11.6. The summed E-state index contributed by atoms with van der Waals surface area (Å²) < 4.78 is 0. The number of anilines is 2. The van der Waals surface area contributed by atoms with Gasteiger partial charge in [0.05, 0.1) is 12.1 Å². The maximum Gasteiger partial charge on any atom is 0.335 e. The molecule has 108 valence electrons. The molecule has 0 aliphatic rings. The fourth-order valence-electron chi connectivity index (χ4n) is 1.85. The highest BCUT2D eigenvalue weighted by Crippen LogP contribution is 2.13. The van der Waals surface area contributed by atoms with Gasteiger partial charge in [-0.3, -0.25) is 4.79 Å². The number of aryl methyl sites for hydroxylation is 1. The molecule has 21 heavy (non-hydrogen) atoms. The van der Waals surface area contributed by atoms with E-state index >= 15 is 0 Å². The molecule has 2 rings (SSSR count).